The van der Waals surface area contributed by atoms with Gasteiger partial charge in [-0.25, -0.2) is 4.98 Å². The SMILES string of the molecule is CNc1nc(NC2(CO)CC2)c2cc(C)sc2n1. The van der Waals surface area contributed by atoms with Gasteiger partial charge in [0.2, 0.25) is 5.95 Å². The number of aliphatic hydroxyl groups excluding tert-OH is 1. The first kappa shape index (κ1) is 11.7. The van der Waals surface area contributed by atoms with Crippen molar-refractivity contribution in [2.75, 3.05) is 24.3 Å². The fraction of sp³-hybridized carbons (Fsp3) is 0.500. The predicted molar refractivity (Wildman–Crippen MR) is 74.4 cm³/mol. The molecule has 96 valence electrons. The molecule has 1 aliphatic carbocycles. The van der Waals surface area contributed by atoms with Crippen molar-refractivity contribution in [1.82, 2.24) is 9.97 Å². The molecule has 1 fully saturated rings. The third-order valence-electron chi connectivity index (χ3n) is 3.28. The summed E-state index contributed by atoms with van der Waals surface area (Å²) in [7, 11) is 1.81. The summed E-state index contributed by atoms with van der Waals surface area (Å²) < 4.78 is 0. The molecule has 0 aliphatic heterocycles. The molecule has 6 heteroatoms. The van der Waals surface area contributed by atoms with Gasteiger partial charge in [0.05, 0.1) is 17.5 Å². The van der Waals surface area contributed by atoms with E-state index in [1.54, 1.807) is 11.3 Å². The van der Waals surface area contributed by atoms with Crippen LogP contribution in [0.4, 0.5) is 11.8 Å². The summed E-state index contributed by atoms with van der Waals surface area (Å²) in [4.78, 5) is 11.1. The highest BCUT2D eigenvalue weighted by Gasteiger charge is 2.42. The number of hydrogen-bond acceptors (Lipinski definition) is 6. The van der Waals surface area contributed by atoms with Crippen LogP contribution in [-0.2, 0) is 0 Å². The third kappa shape index (κ3) is 1.91. The van der Waals surface area contributed by atoms with Crippen molar-refractivity contribution in [3.8, 4) is 0 Å². The van der Waals surface area contributed by atoms with Crippen molar-refractivity contribution in [3.05, 3.63) is 10.9 Å². The van der Waals surface area contributed by atoms with Gasteiger partial charge in [-0.05, 0) is 25.8 Å². The van der Waals surface area contributed by atoms with E-state index < -0.39 is 0 Å². The second-order valence-corrected chi connectivity index (χ2v) is 6.02. The number of rotatable bonds is 4. The Morgan fingerprint density at radius 2 is 2.22 bits per heavy atom. The minimum Gasteiger partial charge on any atom is -0.394 e. The molecule has 0 atom stereocenters. The Hall–Kier alpha value is -1.40. The van der Waals surface area contributed by atoms with Crippen LogP contribution < -0.4 is 10.6 Å². The Morgan fingerprint density at radius 3 is 2.83 bits per heavy atom. The minimum atomic E-state index is -0.165. The van der Waals surface area contributed by atoms with Crippen molar-refractivity contribution in [3.63, 3.8) is 0 Å². The number of nitrogens with one attached hydrogen (secondary N) is 2. The highest BCUT2D eigenvalue weighted by molar-refractivity contribution is 7.18. The topological polar surface area (TPSA) is 70.1 Å². The maximum atomic E-state index is 9.40. The van der Waals surface area contributed by atoms with E-state index in [2.05, 4.69) is 33.6 Å². The number of hydrogen-bond donors (Lipinski definition) is 3. The van der Waals surface area contributed by atoms with E-state index in [4.69, 9.17) is 0 Å². The van der Waals surface area contributed by atoms with Gasteiger partial charge in [-0.2, -0.15) is 4.98 Å². The standard InChI is InChI=1S/C12H16N4OS/c1-7-5-8-9(16-12(6-17)3-4-12)14-11(13-2)15-10(8)18-7/h5,17H,3-4,6H2,1-2H3,(H2,13,14,15,16). The molecule has 5 nitrogen and oxygen atoms in total. The Morgan fingerprint density at radius 1 is 1.44 bits per heavy atom. The lowest BCUT2D eigenvalue weighted by Crippen LogP contribution is -2.26. The first-order valence-electron chi connectivity index (χ1n) is 6.01. The second kappa shape index (κ2) is 4.07. The lowest BCUT2D eigenvalue weighted by Gasteiger charge is -2.16. The predicted octanol–water partition coefficient (Wildman–Crippen LogP) is 1.98. The quantitative estimate of drug-likeness (QED) is 0.787. The van der Waals surface area contributed by atoms with Crippen LogP contribution in [0.5, 0.6) is 0 Å². The summed E-state index contributed by atoms with van der Waals surface area (Å²) in [6, 6.07) is 2.09. The molecule has 2 aromatic rings. The third-order valence-corrected chi connectivity index (χ3v) is 4.22. The highest BCUT2D eigenvalue weighted by Crippen LogP contribution is 2.40. The van der Waals surface area contributed by atoms with Crippen molar-refractivity contribution in [2.24, 2.45) is 0 Å². The summed E-state index contributed by atoms with van der Waals surface area (Å²) in [6.07, 6.45) is 1.99. The van der Waals surface area contributed by atoms with Crippen LogP contribution in [-0.4, -0.2) is 34.3 Å². The summed E-state index contributed by atoms with van der Waals surface area (Å²) in [5.41, 5.74) is -0.165. The van der Waals surface area contributed by atoms with Gasteiger partial charge in [0.25, 0.3) is 0 Å². The Balaban J connectivity index is 2.07. The molecule has 2 heterocycles. The zero-order chi connectivity index (χ0) is 12.8. The maximum Gasteiger partial charge on any atom is 0.225 e. The molecule has 1 saturated carbocycles. The van der Waals surface area contributed by atoms with Gasteiger partial charge in [-0.15, -0.1) is 11.3 Å². The number of thiophene rings is 1. The molecular formula is C12H16N4OS. The fourth-order valence-corrected chi connectivity index (χ4v) is 2.85. The van der Waals surface area contributed by atoms with E-state index in [0.29, 0.717) is 5.95 Å². The summed E-state index contributed by atoms with van der Waals surface area (Å²) in [5, 5.41) is 16.8. The molecule has 0 radical (unpaired) electrons. The lowest BCUT2D eigenvalue weighted by molar-refractivity contribution is 0.266. The van der Waals surface area contributed by atoms with E-state index in [-0.39, 0.29) is 12.1 Å². The summed E-state index contributed by atoms with van der Waals surface area (Å²) >= 11 is 1.66. The first-order valence-corrected chi connectivity index (χ1v) is 6.82. The lowest BCUT2D eigenvalue weighted by atomic mass is 10.2. The molecule has 1 aliphatic rings. The molecule has 0 aromatic carbocycles. The van der Waals surface area contributed by atoms with Gasteiger partial charge in [-0.3, -0.25) is 0 Å². The second-order valence-electron chi connectivity index (χ2n) is 4.79. The molecule has 0 spiro atoms. The molecular weight excluding hydrogens is 248 g/mol. The fourth-order valence-electron chi connectivity index (χ4n) is 1.97. The van der Waals surface area contributed by atoms with Crippen molar-refractivity contribution in [1.29, 1.82) is 0 Å². The Bertz CT molecular complexity index is 591. The molecule has 18 heavy (non-hydrogen) atoms. The van der Waals surface area contributed by atoms with Gasteiger partial charge in [0.15, 0.2) is 0 Å². The van der Waals surface area contributed by atoms with Crippen LogP contribution in [0.1, 0.15) is 17.7 Å². The smallest absolute Gasteiger partial charge is 0.225 e. The number of aliphatic hydroxyl groups is 1. The molecule has 3 N–H and O–H groups in total. The van der Waals surface area contributed by atoms with Crippen LogP contribution in [0.25, 0.3) is 10.2 Å². The summed E-state index contributed by atoms with van der Waals surface area (Å²) in [6.45, 7) is 2.21. The number of anilines is 2. The van der Waals surface area contributed by atoms with Crippen molar-refractivity contribution < 1.29 is 5.11 Å². The van der Waals surface area contributed by atoms with Gasteiger partial charge in [0.1, 0.15) is 10.6 Å². The number of aryl methyl sites for hydroxylation is 1. The number of nitrogens with zero attached hydrogens (tertiary/aromatic N) is 2. The highest BCUT2D eigenvalue weighted by atomic mass is 32.1. The van der Waals surface area contributed by atoms with Crippen molar-refractivity contribution >= 4 is 33.3 Å². The van der Waals surface area contributed by atoms with Crippen molar-refractivity contribution in [2.45, 2.75) is 25.3 Å². The molecule has 0 amide bonds. The average Bonchev–Trinajstić information content (AvgIpc) is 3.03. The number of aromatic nitrogens is 2. The molecule has 0 saturated heterocycles. The average molecular weight is 264 g/mol. The van der Waals surface area contributed by atoms with E-state index in [1.165, 1.54) is 4.88 Å². The zero-order valence-corrected chi connectivity index (χ0v) is 11.3. The van der Waals surface area contributed by atoms with Crippen LogP contribution in [0.3, 0.4) is 0 Å². The minimum absolute atomic E-state index is 0.149. The molecule has 0 unspecified atom stereocenters. The normalized spacial score (nSPS) is 16.8. The van der Waals surface area contributed by atoms with E-state index in [0.717, 1.165) is 28.9 Å². The number of fused-ring (bicyclic) bond motifs is 1. The largest absolute Gasteiger partial charge is 0.394 e. The maximum absolute atomic E-state index is 9.40. The van der Waals surface area contributed by atoms with Crippen LogP contribution in [0, 0.1) is 6.92 Å². The van der Waals surface area contributed by atoms with Gasteiger partial charge >= 0.3 is 0 Å². The van der Waals surface area contributed by atoms with E-state index >= 15 is 0 Å². The molecule has 2 aromatic heterocycles. The van der Waals surface area contributed by atoms with E-state index in [1.807, 2.05) is 7.05 Å². The van der Waals surface area contributed by atoms with Gasteiger partial charge in [0, 0.05) is 11.9 Å². The Labute approximate surface area is 109 Å². The van der Waals surface area contributed by atoms with Crippen LogP contribution >= 0.6 is 11.3 Å². The monoisotopic (exact) mass is 264 g/mol. The first-order chi connectivity index (χ1) is 8.65. The van der Waals surface area contributed by atoms with Gasteiger partial charge in [-0.1, -0.05) is 0 Å². The van der Waals surface area contributed by atoms with Crippen LogP contribution in [0.15, 0.2) is 6.07 Å². The Kier molecular flexibility index (Phi) is 2.64. The molecule has 3 rings (SSSR count). The zero-order valence-electron chi connectivity index (χ0n) is 10.4. The van der Waals surface area contributed by atoms with Gasteiger partial charge < -0.3 is 15.7 Å². The van der Waals surface area contributed by atoms with Crippen LogP contribution in [0.2, 0.25) is 0 Å². The summed E-state index contributed by atoms with van der Waals surface area (Å²) in [5.74, 6) is 1.43. The van der Waals surface area contributed by atoms with E-state index in [9.17, 15) is 5.11 Å². The molecule has 0 bridgehead atoms.